The lowest BCUT2D eigenvalue weighted by atomic mass is 9.93. The number of hydrogen-bond acceptors (Lipinski definition) is 0. The third-order valence-corrected chi connectivity index (χ3v) is 8.90. The number of aryl methyl sites for hydroxylation is 2. The highest BCUT2D eigenvalue weighted by Gasteiger charge is 2.05. The molecule has 0 bridgehead atoms. The largest absolute Gasteiger partial charge is 0.0654 e. The molecule has 0 unspecified atom stereocenters. The van der Waals surface area contributed by atoms with E-state index >= 15 is 0 Å². The van der Waals surface area contributed by atoms with Crippen molar-refractivity contribution >= 4 is 0 Å². The Hall–Kier alpha value is -0.780. The summed E-state index contributed by atoms with van der Waals surface area (Å²) in [5, 5.41) is 0. The van der Waals surface area contributed by atoms with Crippen molar-refractivity contribution in [2.75, 3.05) is 0 Å². The maximum Gasteiger partial charge on any atom is -0.0276 e. The van der Waals surface area contributed by atoms with E-state index in [1.807, 2.05) is 0 Å². The maximum absolute atomic E-state index is 2.37. The van der Waals surface area contributed by atoms with E-state index in [9.17, 15) is 0 Å². The first-order valence-corrected chi connectivity index (χ1v) is 17.9. The predicted octanol–water partition coefficient (Wildman–Crippen LogP) is 13.5. The smallest absolute Gasteiger partial charge is 0.0276 e. The van der Waals surface area contributed by atoms with Gasteiger partial charge in [-0.1, -0.05) is 199 Å². The van der Waals surface area contributed by atoms with Crippen molar-refractivity contribution in [3.05, 3.63) is 34.9 Å². The molecule has 0 radical (unpaired) electrons. The fourth-order valence-corrected chi connectivity index (χ4v) is 6.34. The molecular weight excluding hydrogens is 456 g/mol. The fourth-order valence-electron chi connectivity index (χ4n) is 6.34. The molecule has 0 amide bonds. The number of hydrogen-bond donors (Lipinski definition) is 0. The molecule has 0 N–H and O–H groups in total. The third kappa shape index (κ3) is 20.2. The summed E-state index contributed by atoms with van der Waals surface area (Å²) in [5.74, 6) is 0. The molecule has 1 aromatic rings. The zero-order valence-electron chi connectivity index (χ0n) is 26.7. The van der Waals surface area contributed by atoms with Gasteiger partial charge in [0.15, 0.2) is 0 Å². The Balaban J connectivity index is 1.74. The highest BCUT2D eigenvalue weighted by Crippen LogP contribution is 2.20. The summed E-state index contributed by atoms with van der Waals surface area (Å²) in [6.07, 6.45) is 41.8. The number of unbranched alkanes of at least 4 members (excludes halogenated alkanes) is 25. The van der Waals surface area contributed by atoms with Crippen LogP contribution in [0.15, 0.2) is 18.2 Å². The lowest BCUT2D eigenvalue weighted by Gasteiger charge is -2.12. The fraction of sp³-hybridized carbons (Fsp3) is 0.842. The molecule has 0 saturated carbocycles. The molecule has 1 aromatic carbocycles. The summed E-state index contributed by atoms with van der Waals surface area (Å²) in [4.78, 5) is 0. The first-order valence-electron chi connectivity index (χ1n) is 17.9. The second kappa shape index (κ2) is 27.8. The summed E-state index contributed by atoms with van der Waals surface area (Å²) in [7, 11) is 0. The Bertz CT molecular complexity index is 600. The molecule has 1 rings (SSSR count). The monoisotopic (exact) mass is 527 g/mol. The van der Waals surface area contributed by atoms with Gasteiger partial charge in [-0.05, 0) is 42.4 Å². The molecule has 0 fully saturated rings. The normalized spacial score (nSPS) is 11.4. The van der Waals surface area contributed by atoms with Crippen molar-refractivity contribution in [3.8, 4) is 0 Å². The van der Waals surface area contributed by atoms with Crippen LogP contribution in [0.3, 0.4) is 0 Å². The molecule has 0 saturated heterocycles. The molecule has 38 heavy (non-hydrogen) atoms. The molecule has 222 valence electrons. The SMILES string of the molecule is CCCCCCCCCCCCCCCCCCCCCCCCCCCCc1cccc(CC)c1CC. The van der Waals surface area contributed by atoms with E-state index in [-0.39, 0.29) is 0 Å². The van der Waals surface area contributed by atoms with E-state index in [4.69, 9.17) is 0 Å². The quantitative estimate of drug-likeness (QED) is 0.0910. The molecular formula is C38H70. The Labute approximate surface area is 241 Å². The summed E-state index contributed by atoms with van der Waals surface area (Å²) in [5.41, 5.74) is 4.82. The second-order valence-corrected chi connectivity index (χ2v) is 12.4. The van der Waals surface area contributed by atoms with Gasteiger partial charge in [0, 0.05) is 0 Å². The minimum absolute atomic E-state index is 1.18. The number of rotatable bonds is 29. The van der Waals surface area contributed by atoms with Gasteiger partial charge in [0.2, 0.25) is 0 Å². The third-order valence-electron chi connectivity index (χ3n) is 8.90. The lowest BCUT2D eigenvalue weighted by molar-refractivity contribution is 0.515. The van der Waals surface area contributed by atoms with Crippen LogP contribution in [0.2, 0.25) is 0 Å². The highest BCUT2D eigenvalue weighted by molar-refractivity contribution is 5.35. The Morgan fingerprint density at radius 1 is 0.342 bits per heavy atom. The van der Waals surface area contributed by atoms with E-state index in [0.717, 1.165) is 0 Å². The van der Waals surface area contributed by atoms with Crippen molar-refractivity contribution < 1.29 is 0 Å². The molecule has 0 spiro atoms. The molecule has 0 nitrogen and oxygen atoms in total. The molecule has 0 heteroatoms. The Morgan fingerprint density at radius 3 is 0.974 bits per heavy atom. The van der Waals surface area contributed by atoms with Gasteiger partial charge in [0.25, 0.3) is 0 Å². The van der Waals surface area contributed by atoms with Crippen LogP contribution in [0.1, 0.15) is 204 Å². The lowest BCUT2D eigenvalue weighted by Crippen LogP contribution is -1.98. The van der Waals surface area contributed by atoms with Crippen LogP contribution in [0.4, 0.5) is 0 Å². The van der Waals surface area contributed by atoms with E-state index in [0.29, 0.717) is 0 Å². The zero-order valence-corrected chi connectivity index (χ0v) is 26.7. The van der Waals surface area contributed by atoms with Gasteiger partial charge in [-0.3, -0.25) is 0 Å². The van der Waals surface area contributed by atoms with Crippen LogP contribution in [-0.2, 0) is 19.3 Å². The van der Waals surface area contributed by atoms with Crippen molar-refractivity contribution in [2.45, 2.75) is 207 Å². The molecule has 0 aliphatic heterocycles. The van der Waals surface area contributed by atoms with Crippen LogP contribution in [0.5, 0.6) is 0 Å². The van der Waals surface area contributed by atoms with Crippen molar-refractivity contribution in [1.82, 2.24) is 0 Å². The average Bonchev–Trinajstić information content (AvgIpc) is 2.94. The van der Waals surface area contributed by atoms with Crippen molar-refractivity contribution in [1.29, 1.82) is 0 Å². The minimum atomic E-state index is 1.18. The van der Waals surface area contributed by atoms with Gasteiger partial charge in [-0.2, -0.15) is 0 Å². The van der Waals surface area contributed by atoms with Crippen LogP contribution in [0.25, 0.3) is 0 Å². The molecule has 0 aliphatic rings. The minimum Gasteiger partial charge on any atom is -0.0654 e. The summed E-state index contributed by atoms with van der Waals surface area (Å²) in [6.45, 7) is 6.92. The van der Waals surface area contributed by atoms with Crippen LogP contribution >= 0.6 is 0 Å². The molecule has 0 aliphatic carbocycles. The highest BCUT2D eigenvalue weighted by atomic mass is 14.1. The van der Waals surface area contributed by atoms with Crippen LogP contribution in [-0.4, -0.2) is 0 Å². The van der Waals surface area contributed by atoms with Gasteiger partial charge >= 0.3 is 0 Å². The predicted molar refractivity (Wildman–Crippen MR) is 175 cm³/mol. The zero-order chi connectivity index (χ0) is 27.4. The molecule has 0 aromatic heterocycles. The molecule has 0 atom stereocenters. The summed E-state index contributed by atoms with van der Waals surface area (Å²) < 4.78 is 0. The summed E-state index contributed by atoms with van der Waals surface area (Å²) in [6, 6.07) is 6.97. The van der Waals surface area contributed by atoms with Gasteiger partial charge in [-0.25, -0.2) is 0 Å². The summed E-state index contributed by atoms with van der Waals surface area (Å²) >= 11 is 0. The van der Waals surface area contributed by atoms with Gasteiger partial charge in [0.1, 0.15) is 0 Å². The second-order valence-electron chi connectivity index (χ2n) is 12.4. The number of benzene rings is 1. The van der Waals surface area contributed by atoms with E-state index in [2.05, 4.69) is 39.0 Å². The van der Waals surface area contributed by atoms with Crippen molar-refractivity contribution in [2.24, 2.45) is 0 Å². The van der Waals surface area contributed by atoms with E-state index in [1.165, 1.54) is 186 Å². The van der Waals surface area contributed by atoms with Gasteiger partial charge < -0.3 is 0 Å². The standard InChI is InChI=1S/C38H70/c1-4-7-8-9-10-11-12-13-14-15-16-17-18-19-20-21-22-23-24-25-26-27-28-29-30-31-33-37-35-32-34-36(5-2)38(37)6-3/h32,34-35H,4-31,33H2,1-3H3. The average molecular weight is 527 g/mol. The first-order chi connectivity index (χ1) is 18.8. The van der Waals surface area contributed by atoms with Gasteiger partial charge in [-0.15, -0.1) is 0 Å². The first kappa shape index (κ1) is 35.2. The van der Waals surface area contributed by atoms with Crippen LogP contribution < -0.4 is 0 Å². The molecule has 0 heterocycles. The topological polar surface area (TPSA) is 0 Å². The van der Waals surface area contributed by atoms with Gasteiger partial charge in [0.05, 0.1) is 0 Å². The maximum atomic E-state index is 2.37. The van der Waals surface area contributed by atoms with Crippen LogP contribution in [0, 0.1) is 0 Å². The van der Waals surface area contributed by atoms with Crippen molar-refractivity contribution in [3.63, 3.8) is 0 Å². The van der Waals surface area contributed by atoms with E-state index in [1.54, 1.807) is 16.7 Å². The van der Waals surface area contributed by atoms with E-state index < -0.39 is 0 Å². The Morgan fingerprint density at radius 2 is 0.658 bits per heavy atom. The Kier molecular flexibility index (Phi) is 25.8.